The lowest BCUT2D eigenvalue weighted by atomic mass is 9.94. The molecule has 1 aliphatic heterocycles. The third-order valence-corrected chi connectivity index (χ3v) is 7.95. The summed E-state index contributed by atoms with van der Waals surface area (Å²) < 4.78 is 38.7. The van der Waals surface area contributed by atoms with Crippen molar-refractivity contribution in [3.05, 3.63) is 83.8 Å². The Kier molecular flexibility index (Phi) is 6.86. The monoisotopic (exact) mass is 571 g/mol. The zero-order valence-electron chi connectivity index (χ0n) is 22.8. The Morgan fingerprint density at radius 3 is 2.71 bits per heavy atom. The number of pyridine rings is 2. The van der Waals surface area contributed by atoms with Crippen LogP contribution < -0.4 is 4.74 Å². The number of hydrogen-bond acceptors (Lipinski definition) is 6. The smallest absolute Gasteiger partial charge is 0.246 e. The van der Waals surface area contributed by atoms with Crippen LogP contribution in [-0.4, -0.2) is 43.2 Å². The Morgan fingerprint density at radius 2 is 1.98 bits per heavy atom. The normalized spacial score (nSPS) is 13.1. The Hall–Kier alpha value is -4.44. The van der Waals surface area contributed by atoms with Crippen LogP contribution in [0.2, 0.25) is 0 Å². The molecule has 0 N–H and O–H groups in total. The highest BCUT2D eigenvalue weighted by Gasteiger charge is 2.27. The summed E-state index contributed by atoms with van der Waals surface area (Å²) >= 11 is 1.44. The third-order valence-electron chi connectivity index (χ3n) is 7.02. The van der Waals surface area contributed by atoms with Crippen molar-refractivity contribution in [3.8, 4) is 39.4 Å². The van der Waals surface area contributed by atoms with Crippen molar-refractivity contribution in [2.75, 3.05) is 6.54 Å². The van der Waals surface area contributed by atoms with Crippen LogP contribution in [0.4, 0.5) is 8.78 Å². The van der Waals surface area contributed by atoms with E-state index in [4.69, 9.17) is 14.7 Å². The van der Waals surface area contributed by atoms with Crippen LogP contribution >= 0.6 is 11.3 Å². The number of amides is 1. The number of rotatable bonds is 6. The number of carbonyl (C=O) groups excluding carboxylic acids is 1. The maximum absolute atomic E-state index is 15.8. The summed E-state index contributed by atoms with van der Waals surface area (Å²) in [6.45, 7) is 8.15. The molecule has 208 valence electrons. The molecule has 5 heterocycles. The molecule has 5 aromatic rings. The third kappa shape index (κ3) is 4.88. The summed E-state index contributed by atoms with van der Waals surface area (Å²) in [5, 5.41) is 7.07. The molecule has 0 aliphatic carbocycles. The van der Waals surface area contributed by atoms with Crippen molar-refractivity contribution in [2.24, 2.45) is 7.05 Å². The SMILES string of the molecule is C=CC(=O)N1CCc2ncc(-c3nc(-c4cnn(C)c4)c4ccsc4c3-c3c(F)cc(F)cc3OC(C)C)cc2C1. The van der Waals surface area contributed by atoms with E-state index in [2.05, 4.69) is 11.7 Å². The first kappa shape index (κ1) is 26.8. The number of aromatic nitrogens is 4. The minimum absolute atomic E-state index is 0.0954. The van der Waals surface area contributed by atoms with Crippen molar-refractivity contribution in [1.29, 1.82) is 0 Å². The highest BCUT2D eigenvalue weighted by Crippen LogP contribution is 2.47. The number of carbonyl (C=O) groups is 1. The van der Waals surface area contributed by atoms with Crippen LogP contribution in [0.3, 0.4) is 0 Å². The van der Waals surface area contributed by atoms with Crippen molar-refractivity contribution < 1.29 is 18.3 Å². The minimum atomic E-state index is -0.749. The van der Waals surface area contributed by atoms with Gasteiger partial charge in [-0.3, -0.25) is 14.5 Å². The van der Waals surface area contributed by atoms with E-state index < -0.39 is 11.6 Å². The summed E-state index contributed by atoms with van der Waals surface area (Å²) in [5.74, 6) is -1.53. The van der Waals surface area contributed by atoms with E-state index >= 15 is 4.39 Å². The van der Waals surface area contributed by atoms with Crippen molar-refractivity contribution in [2.45, 2.75) is 32.9 Å². The first-order valence-electron chi connectivity index (χ1n) is 13.2. The van der Waals surface area contributed by atoms with E-state index in [-0.39, 0.29) is 23.3 Å². The van der Waals surface area contributed by atoms with Gasteiger partial charge in [0.1, 0.15) is 17.4 Å². The zero-order chi connectivity index (χ0) is 28.8. The molecule has 0 spiro atoms. The average molecular weight is 572 g/mol. The lowest BCUT2D eigenvalue weighted by molar-refractivity contribution is -0.126. The fourth-order valence-corrected chi connectivity index (χ4v) is 6.19. The number of nitrogens with zero attached hydrogens (tertiary/aromatic N) is 5. The van der Waals surface area contributed by atoms with Crippen LogP contribution in [-0.2, 0) is 24.8 Å². The van der Waals surface area contributed by atoms with Gasteiger partial charge in [-0.25, -0.2) is 13.8 Å². The van der Waals surface area contributed by atoms with E-state index in [0.29, 0.717) is 42.0 Å². The molecule has 1 aromatic carbocycles. The molecule has 7 nitrogen and oxygen atoms in total. The molecular formula is C31H27F2N5O2S. The first-order valence-corrected chi connectivity index (χ1v) is 14.1. The maximum Gasteiger partial charge on any atom is 0.246 e. The van der Waals surface area contributed by atoms with Gasteiger partial charge in [-0.1, -0.05) is 6.58 Å². The molecule has 6 rings (SSSR count). The number of hydrogen-bond donors (Lipinski definition) is 0. The Bertz CT molecular complexity index is 1830. The predicted octanol–water partition coefficient (Wildman–Crippen LogP) is 6.56. The quantitative estimate of drug-likeness (QED) is 0.216. The fourth-order valence-electron chi connectivity index (χ4n) is 5.24. The summed E-state index contributed by atoms with van der Waals surface area (Å²) in [4.78, 5) is 23.9. The maximum atomic E-state index is 15.8. The van der Waals surface area contributed by atoms with Crippen LogP contribution in [0, 0.1) is 11.6 Å². The highest BCUT2D eigenvalue weighted by atomic mass is 32.1. The van der Waals surface area contributed by atoms with Gasteiger partial charge < -0.3 is 9.64 Å². The lowest BCUT2D eigenvalue weighted by Gasteiger charge is -2.27. The molecule has 0 radical (unpaired) electrons. The Labute approximate surface area is 239 Å². The van der Waals surface area contributed by atoms with E-state index in [1.165, 1.54) is 23.5 Å². The van der Waals surface area contributed by atoms with E-state index in [1.807, 2.05) is 44.6 Å². The van der Waals surface area contributed by atoms with Gasteiger partial charge in [0.05, 0.1) is 29.3 Å². The molecule has 0 fully saturated rings. The Balaban J connectivity index is 1.65. The molecular weight excluding hydrogens is 544 g/mol. The largest absolute Gasteiger partial charge is 0.490 e. The molecule has 1 aliphatic rings. The lowest BCUT2D eigenvalue weighted by Crippen LogP contribution is -2.35. The number of fused-ring (bicyclic) bond motifs is 2. The fraction of sp³-hybridized carbons (Fsp3) is 0.226. The Morgan fingerprint density at radius 1 is 1.15 bits per heavy atom. The number of ether oxygens (including phenoxy) is 1. The molecule has 0 bridgehead atoms. The molecule has 0 atom stereocenters. The summed E-state index contributed by atoms with van der Waals surface area (Å²) in [7, 11) is 1.83. The van der Waals surface area contributed by atoms with Gasteiger partial charge in [0.25, 0.3) is 0 Å². The van der Waals surface area contributed by atoms with Crippen LogP contribution in [0.1, 0.15) is 25.1 Å². The molecule has 0 unspecified atom stereocenters. The number of thiophene rings is 1. The second-order valence-corrected chi connectivity index (χ2v) is 11.1. The number of halogens is 2. The summed E-state index contributed by atoms with van der Waals surface area (Å²) in [6.07, 6.45) is 6.93. The molecule has 0 saturated heterocycles. The van der Waals surface area contributed by atoms with Crippen molar-refractivity contribution in [3.63, 3.8) is 0 Å². The minimum Gasteiger partial charge on any atom is -0.490 e. The van der Waals surface area contributed by atoms with Gasteiger partial charge in [-0.05, 0) is 43.0 Å². The van der Waals surface area contributed by atoms with Gasteiger partial charge in [-0.2, -0.15) is 5.10 Å². The van der Waals surface area contributed by atoms with Crippen molar-refractivity contribution >= 4 is 27.3 Å². The standard InChI is InChI=1S/C31H27F2N5O2S/c1-5-26(39)38-8-6-24-19(16-38)10-18(13-34-24)30-28(27-23(33)11-21(32)12-25(27)40-17(2)3)31-22(7-9-41-31)29(36-30)20-14-35-37(4)15-20/h5,7,9-15,17H,1,6,8,16H2,2-4H3. The average Bonchev–Trinajstić information content (AvgIpc) is 3.60. The number of aryl methyl sites for hydroxylation is 1. The molecule has 1 amide bonds. The van der Waals surface area contributed by atoms with Gasteiger partial charge in [0.15, 0.2) is 0 Å². The second-order valence-electron chi connectivity index (χ2n) is 10.2. The highest BCUT2D eigenvalue weighted by molar-refractivity contribution is 7.18. The van der Waals surface area contributed by atoms with E-state index in [0.717, 1.165) is 33.0 Å². The van der Waals surface area contributed by atoms with Gasteiger partial charge in [0.2, 0.25) is 5.91 Å². The van der Waals surface area contributed by atoms with Crippen LogP contribution in [0.5, 0.6) is 5.75 Å². The predicted molar refractivity (Wildman–Crippen MR) is 155 cm³/mol. The molecule has 0 saturated carbocycles. The van der Waals surface area contributed by atoms with Crippen LogP contribution in [0.15, 0.2) is 60.9 Å². The topological polar surface area (TPSA) is 73.1 Å². The molecule has 41 heavy (non-hydrogen) atoms. The van der Waals surface area contributed by atoms with E-state index in [9.17, 15) is 9.18 Å². The first-order chi connectivity index (χ1) is 19.7. The van der Waals surface area contributed by atoms with Gasteiger partial charge in [0, 0.05) is 83.6 Å². The zero-order valence-corrected chi connectivity index (χ0v) is 23.6. The molecule has 4 aromatic heterocycles. The van der Waals surface area contributed by atoms with Crippen LogP contribution in [0.25, 0.3) is 43.7 Å². The summed E-state index contributed by atoms with van der Waals surface area (Å²) in [6, 6.07) is 5.97. The summed E-state index contributed by atoms with van der Waals surface area (Å²) in [5.41, 5.74) is 5.00. The van der Waals surface area contributed by atoms with Gasteiger partial charge >= 0.3 is 0 Å². The molecule has 10 heteroatoms. The number of benzene rings is 1. The second kappa shape index (κ2) is 10.5. The van der Waals surface area contributed by atoms with Crippen molar-refractivity contribution in [1.82, 2.24) is 24.6 Å². The van der Waals surface area contributed by atoms with E-state index in [1.54, 1.807) is 22.0 Å². The van der Waals surface area contributed by atoms with Gasteiger partial charge in [-0.15, -0.1) is 11.3 Å².